The van der Waals surface area contributed by atoms with E-state index in [9.17, 15) is 0 Å². The van der Waals surface area contributed by atoms with Crippen LogP contribution in [0.15, 0.2) is 180 Å². The maximum absolute atomic E-state index is 6.02. The topological polar surface area (TPSA) is 43.2 Å². The van der Waals surface area contributed by atoms with Gasteiger partial charge in [-0.2, -0.15) is 0 Å². The van der Waals surface area contributed by atoms with Gasteiger partial charge in [-0.05, 0) is 107 Å². The highest BCUT2D eigenvalue weighted by atomic mass is 16.5. The number of benzene rings is 6. The van der Waals surface area contributed by atoms with Crippen molar-refractivity contribution < 1.29 is 9.47 Å². The minimum atomic E-state index is 0.547. The first kappa shape index (κ1) is 30.8. The van der Waals surface area contributed by atoms with Gasteiger partial charge >= 0.3 is 0 Å². The zero-order valence-corrected chi connectivity index (χ0v) is 26.0. The summed E-state index contributed by atoms with van der Waals surface area (Å²) in [7, 11) is 0. The fourth-order valence-corrected chi connectivity index (χ4v) is 4.92. The number of hydrogen-bond donors (Lipinski definition) is 0. The van der Waals surface area contributed by atoms with Crippen molar-refractivity contribution in [1.29, 1.82) is 0 Å². The van der Waals surface area contributed by atoms with Crippen LogP contribution in [0.3, 0.4) is 0 Å². The predicted octanol–water partition coefficient (Wildman–Crippen LogP) is 10.4. The first-order chi connectivity index (χ1) is 23.3. The fraction of sp³-hybridized carbons (Fsp3) is 0.0698. The van der Waals surface area contributed by atoms with E-state index in [0.29, 0.717) is 13.2 Å². The Kier molecular flexibility index (Phi) is 10.6. The summed E-state index contributed by atoms with van der Waals surface area (Å²) in [5, 5.41) is 0. The van der Waals surface area contributed by atoms with Crippen LogP contribution in [0.1, 0.15) is 28.7 Å². The van der Waals surface area contributed by atoms with Crippen molar-refractivity contribution in [2.24, 2.45) is 9.98 Å². The van der Waals surface area contributed by atoms with Gasteiger partial charge in [0.25, 0.3) is 0 Å². The molecule has 0 aliphatic heterocycles. The third-order valence-corrected chi connectivity index (χ3v) is 7.34. The van der Waals surface area contributed by atoms with Crippen molar-refractivity contribution in [3.05, 3.63) is 192 Å². The van der Waals surface area contributed by atoms with Gasteiger partial charge in [0.2, 0.25) is 0 Å². The highest BCUT2D eigenvalue weighted by Gasteiger charge is 2.07. The Labute approximate surface area is 276 Å². The van der Waals surface area contributed by atoms with E-state index in [4.69, 9.17) is 9.47 Å². The Hall–Kier alpha value is -6.18. The highest BCUT2D eigenvalue weighted by molar-refractivity contribution is 6.00. The molecule has 6 aromatic rings. The van der Waals surface area contributed by atoms with Crippen molar-refractivity contribution in [2.75, 3.05) is 13.2 Å². The van der Waals surface area contributed by atoms with E-state index in [1.54, 1.807) is 0 Å². The SMILES string of the molecule is C(=Nc1ccccc1)=C(c1ccccc1)c1ccc(OCCCOc2ccc(C(=C=Nc3ccccc3)c3ccccc3)cc2)cc1. The molecule has 0 heterocycles. The molecule has 0 fully saturated rings. The zero-order valence-electron chi connectivity index (χ0n) is 26.0. The third-order valence-electron chi connectivity index (χ3n) is 7.34. The lowest BCUT2D eigenvalue weighted by molar-refractivity contribution is 0.247. The van der Waals surface area contributed by atoms with E-state index in [1.165, 1.54) is 0 Å². The molecule has 4 nitrogen and oxygen atoms in total. The largest absolute Gasteiger partial charge is 0.493 e. The molecule has 0 bridgehead atoms. The molecular weight excluding hydrogens is 576 g/mol. The molecule has 0 unspecified atom stereocenters. The summed E-state index contributed by atoms with van der Waals surface area (Å²) in [6, 6.07) is 56.2. The highest BCUT2D eigenvalue weighted by Crippen LogP contribution is 2.25. The first-order valence-corrected chi connectivity index (χ1v) is 15.7. The first-order valence-electron chi connectivity index (χ1n) is 15.7. The molecule has 0 saturated heterocycles. The number of aliphatic imine (C=N–C) groups is 2. The van der Waals surface area contributed by atoms with Crippen LogP contribution in [0.25, 0.3) is 11.1 Å². The summed E-state index contributed by atoms with van der Waals surface area (Å²) < 4.78 is 12.0. The molecule has 4 heteroatoms. The Morgan fingerprint density at radius 1 is 0.383 bits per heavy atom. The minimum Gasteiger partial charge on any atom is -0.493 e. The Balaban J connectivity index is 1.04. The quantitative estimate of drug-likeness (QED) is 0.102. The van der Waals surface area contributed by atoms with Gasteiger partial charge in [0.1, 0.15) is 11.5 Å². The van der Waals surface area contributed by atoms with E-state index in [1.807, 2.05) is 146 Å². The van der Waals surface area contributed by atoms with Crippen molar-refractivity contribution in [3.63, 3.8) is 0 Å². The molecule has 0 aliphatic rings. The van der Waals surface area contributed by atoms with Crippen molar-refractivity contribution in [1.82, 2.24) is 0 Å². The van der Waals surface area contributed by atoms with Gasteiger partial charge in [0, 0.05) is 6.42 Å². The van der Waals surface area contributed by atoms with Crippen molar-refractivity contribution in [2.45, 2.75) is 6.42 Å². The average molecular weight is 611 g/mol. The lowest BCUT2D eigenvalue weighted by Gasteiger charge is -2.10. The minimum absolute atomic E-state index is 0.547. The third kappa shape index (κ3) is 8.94. The summed E-state index contributed by atoms with van der Waals surface area (Å²) in [5.74, 6) is 8.15. The molecule has 228 valence electrons. The van der Waals surface area contributed by atoms with Gasteiger partial charge in [0.15, 0.2) is 0 Å². The summed E-state index contributed by atoms with van der Waals surface area (Å²) in [6.45, 7) is 1.09. The Morgan fingerprint density at radius 3 is 1.06 bits per heavy atom. The van der Waals surface area contributed by atoms with Crippen LogP contribution in [0.2, 0.25) is 0 Å². The molecule has 6 rings (SSSR count). The van der Waals surface area contributed by atoms with Crippen LogP contribution in [0.5, 0.6) is 11.5 Å². The van der Waals surface area contributed by atoms with E-state index in [2.05, 4.69) is 46.0 Å². The fourth-order valence-electron chi connectivity index (χ4n) is 4.92. The molecule has 6 aromatic carbocycles. The number of ether oxygens (including phenoxy) is 2. The predicted molar refractivity (Wildman–Crippen MR) is 193 cm³/mol. The molecule has 0 amide bonds. The van der Waals surface area contributed by atoms with Crippen LogP contribution in [-0.2, 0) is 0 Å². The van der Waals surface area contributed by atoms with Crippen LogP contribution in [0, 0.1) is 0 Å². The molecular formula is C43H34N2O2. The maximum atomic E-state index is 6.02. The van der Waals surface area contributed by atoms with Gasteiger partial charge in [-0.1, -0.05) is 97.1 Å². The summed E-state index contributed by atoms with van der Waals surface area (Å²) >= 11 is 0. The van der Waals surface area contributed by atoms with Crippen LogP contribution in [0.4, 0.5) is 11.4 Å². The van der Waals surface area contributed by atoms with E-state index < -0.39 is 0 Å². The molecule has 47 heavy (non-hydrogen) atoms. The van der Waals surface area contributed by atoms with Gasteiger partial charge in [0.05, 0.1) is 35.7 Å². The van der Waals surface area contributed by atoms with Crippen LogP contribution in [-0.4, -0.2) is 25.0 Å². The second-order valence-corrected chi connectivity index (χ2v) is 10.7. The van der Waals surface area contributed by atoms with E-state index >= 15 is 0 Å². The van der Waals surface area contributed by atoms with Crippen molar-refractivity contribution >= 4 is 34.3 Å². The Bertz CT molecular complexity index is 1830. The average Bonchev–Trinajstić information content (AvgIpc) is 3.14. The van der Waals surface area contributed by atoms with Gasteiger partial charge < -0.3 is 9.47 Å². The second kappa shape index (κ2) is 16.2. The molecule has 0 aromatic heterocycles. The van der Waals surface area contributed by atoms with Crippen LogP contribution < -0.4 is 9.47 Å². The molecule has 0 spiro atoms. The molecule has 0 saturated carbocycles. The maximum Gasteiger partial charge on any atom is 0.119 e. The summed E-state index contributed by atoms with van der Waals surface area (Å²) in [5.41, 5.74) is 7.73. The van der Waals surface area contributed by atoms with Gasteiger partial charge in [-0.15, -0.1) is 0 Å². The lowest BCUT2D eigenvalue weighted by atomic mass is 9.99. The number of para-hydroxylation sites is 2. The van der Waals surface area contributed by atoms with Gasteiger partial charge in [-0.25, -0.2) is 9.98 Å². The Morgan fingerprint density at radius 2 is 0.702 bits per heavy atom. The monoisotopic (exact) mass is 610 g/mol. The zero-order chi connectivity index (χ0) is 31.9. The normalized spacial score (nSPS) is 10.2. The van der Waals surface area contributed by atoms with E-state index in [-0.39, 0.29) is 0 Å². The van der Waals surface area contributed by atoms with E-state index in [0.717, 1.165) is 62.7 Å². The number of nitrogens with zero attached hydrogens (tertiary/aromatic N) is 2. The molecule has 0 aliphatic carbocycles. The molecule has 0 N–H and O–H groups in total. The smallest absolute Gasteiger partial charge is 0.119 e. The lowest BCUT2D eigenvalue weighted by Crippen LogP contribution is -2.05. The molecule has 0 atom stereocenters. The number of rotatable bonds is 12. The summed E-state index contributed by atoms with van der Waals surface area (Å²) in [6.07, 6.45) is 0.751. The van der Waals surface area contributed by atoms with Crippen LogP contribution >= 0.6 is 0 Å². The number of hydrogen-bond acceptors (Lipinski definition) is 4. The standard InChI is InChI=1S/C43H34N2O2/c1-5-14-34(15-6-1)42(32-44-38-18-9-3-10-19-38)36-22-26-40(27-23-36)46-30-13-31-47-41-28-24-37(25-29-41)43(35-16-7-2-8-17-35)33-45-39-20-11-4-12-21-39/h1-12,14-29H,13,30-31H2. The molecule has 0 radical (unpaired) electrons. The van der Waals surface area contributed by atoms with Gasteiger partial charge in [-0.3, -0.25) is 0 Å². The van der Waals surface area contributed by atoms with Crippen molar-refractivity contribution in [3.8, 4) is 11.5 Å². The second-order valence-electron chi connectivity index (χ2n) is 10.7. The summed E-state index contributed by atoms with van der Waals surface area (Å²) in [4.78, 5) is 9.17.